The predicted molar refractivity (Wildman–Crippen MR) is 74.6 cm³/mol. The molecule has 98 valence electrons. The van der Waals surface area contributed by atoms with Crippen molar-refractivity contribution in [2.24, 2.45) is 13.0 Å². The molecule has 4 nitrogen and oxygen atoms in total. The lowest BCUT2D eigenvalue weighted by Gasteiger charge is -2.23. The zero-order valence-corrected chi connectivity index (χ0v) is 11.0. The summed E-state index contributed by atoms with van der Waals surface area (Å²) >= 11 is 0. The van der Waals surface area contributed by atoms with E-state index in [4.69, 9.17) is 0 Å². The molecular weight excluding hydrogens is 238 g/mol. The molecule has 0 spiro atoms. The van der Waals surface area contributed by atoms with E-state index in [1.165, 1.54) is 6.42 Å². The van der Waals surface area contributed by atoms with Crippen LogP contribution in [0.5, 0.6) is 0 Å². The first-order valence-electron chi connectivity index (χ1n) is 6.64. The number of hydrogen-bond acceptors (Lipinski definition) is 2. The fourth-order valence-electron chi connectivity index (χ4n) is 2.23. The smallest absolute Gasteiger partial charge is 0.228 e. The Labute approximate surface area is 112 Å². The normalized spacial score (nSPS) is 15.0. The van der Waals surface area contributed by atoms with Crippen LogP contribution >= 0.6 is 0 Å². The Morgan fingerprint density at radius 3 is 2.68 bits per heavy atom. The molecule has 19 heavy (non-hydrogen) atoms. The number of rotatable bonds is 3. The average molecular weight is 255 g/mol. The van der Waals surface area contributed by atoms with Crippen molar-refractivity contribution >= 4 is 11.7 Å². The Kier molecular flexibility index (Phi) is 3.07. The lowest BCUT2D eigenvalue weighted by molar-refractivity contribution is -0.122. The highest BCUT2D eigenvalue weighted by Crippen LogP contribution is 2.28. The molecule has 1 aliphatic rings. The summed E-state index contributed by atoms with van der Waals surface area (Å²) in [7, 11) is 1.85. The van der Waals surface area contributed by atoms with Crippen molar-refractivity contribution in [3.8, 4) is 11.3 Å². The minimum Gasteiger partial charge on any atom is -0.311 e. The van der Waals surface area contributed by atoms with Crippen LogP contribution in [0.25, 0.3) is 11.3 Å². The summed E-state index contributed by atoms with van der Waals surface area (Å²) in [6.07, 6.45) is 3.18. The fraction of sp³-hybridized carbons (Fsp3) is 0.333. The summed E-state index contributed by atoms with van der Waals surface area (Å²) < 4.78 is 1.72. The van der Waals surface area contributed by atoms with Crippen molar-refractivity contribution in [2.45, 2.75) is 19.3 Å². The Morgan fingerprint density at radius 2 is 2.05 bits per heavy atom. The molecule has 1 aliphatic carbocycles. The van der Waals surface area contributed by atoms with Crippen LogP contribution in [0, 0.1) is 5.92 Å². The largest absolute Gasteiger partial charge is 0.311 e. The van der Waals surface area contributed by atoms with E-state index < -0.39 is 0 Å². The van der Waals surface area contributed by atoms with Crippen LogP contribution < -0.4 is 5.32 Å². The van der Waals surface area contributed by atoms with Crippen molar-refractivity contribution < 1.29 is 4.79 Å². The molecule has 0 bridgehead atoms. The Hall–Kier alpha value is -2.10. The zero-order valence-electron chi connectivity index (χ0n) is 11.0. The quantitative estimate of drug-likeness (QED) is 0.916. The molecule has 2 aromatic rings. The van der Waals surface area contributed by atoms with E-state index in [2.05, 4.69) is 10.4 Å². The van der Waals surface area contributed by atoms with Crippen molar-refractivity contribution in [1.29, 1.82) is 0 Å². The number of nitrogens with one attached hydrogen (secondary N) is 1. The van der Waals surface area contributed by atoms with Crippen molar-refractivity contribution in [3.63, 3.8) is 0 Å². The lowest BCUT2D eigenvalue weighted by Crippen LogP contribution is -2.28. The third kappa shape index (κ3) is 2.38. The van der Waals surface area contributed by atoms with Crippen LogP contribution in [0.3, 0.4) is 0 Å². The molecule has 1 aromatic heterocycles. The summed E-state index contributed by atoms with van der Waals surface area (Å²) in [6, 6.07) is 11.9. The van der Waals surface area contributed by atoms with E-state index in [0.717, 1.165) is 29.9 Å². The highest BCUT2D eigenvalue weighted by molar-refractivity contribution is 5.92. The number of benzene rings is 1. The van der Waals surface area contributed by atoms with Gasteiger partial charge in [-0.05, 0) is 12.8 Å². The predicted octanol–water partition coefficient (Wildman–Crippen LogP) is 2.83. The minimum absolute atomic E-state index is 0.119. The molecule has 1 fully saturated rings. The van der Waals surface area contributed by atoms with Gasteiger partial charge in [0.05, 0.1) is 5.69 Å². The standard InChI is InChI=1S/C15H17N3O/c1-18-14(16-15(19)12-8-5-9-12)10-13(17-18)11-6-3-2-4-7-11/h2-4,6-7,10,12H,5,8-9H2,1H3,(H,16,19). The van der Waals surface area contributed by atoms with E-state index >= 15 is 0 Å². The van der Waals surface area contributed by atoms with Gasteiger partial charge in [-0.3, -0.25) is 9.48 Å². The molecule has 3 rings (SSSR count). The third-order valence-electron chi connectivity index (χ3n) is 3.68. The topological polar surface area (TPSA) is 46.9 Å². The number of amides is 1. The fourth-order valence-corrected chi connectivity index (χ4v) is 2.23. The van der Waals surface area contributed by atoms with E-state index in [1.54, 1.807) is 4.68 Å². The van der Waals surface area contributed by atoms with Gasteiger partial charge in [0.2, 0.25) is 5.91 Å². The van der Waals surface area contributed by atoms with Gasteiger partial charge in [0.1, 0.15) is 5.82 Å². The van der Waals surface area contributed by atoms with Gasteiger partial charge in [-0.15, -0.1) is 0 Å². The average Bonchev–Trinajstić information content (AvgIpc) is 2.70. The summed E-state index contributed by atoms with van der Waals surface area (Å²) in [5.74, 6) is 1.07. The van der Waals surface area contributed by atoms with Crippen LogP contribution in [-0.4, -0.2) is 15.7 Å². The van der Waals surface area contributed by atoms with Crippen LogP contribution in [0.4, 0.5) is 5.82 Å². The van der Waals surface area contributed by atoms with E-state index in [-0.39, 0.29) is 11.8 Å². The monoisotopic (exact) mass is 255 g/mol. The first kappa shape index (κ1) is 12.0. The minimum atomic E-state index is 0.119. The van der Waals surface area contributed by atoms with Crippen molar-refractivity contribution in [3.05, 3.63) is 36.4 Å². The summed E-state index contributed by atoms with van der Waals surface area (Å²) in [4.78, 5) is 11.9. The number of carbonyl (C=O) groups is 1. The van der Waals surface area contributed by atoms with Crippen LogP contribution in [0.15, 0.2) is 36.4 Å². The zero-order chi connectivity index (χ0) is 13.2. The first-order chi connectivity index (χ1) is 9.24. The highest BCUT2D eigenvalue weighted by atomic mass is 16.2. The maximum atomic E-state index is 11.9. The number of aromatic nitrogens is 2. The second-order valence-electron chi connectivity index (χ2n) is 5.02. The second kappa shape index (κ2) is 4.88. The molecule has 0 radical (unpaired) electrons. The summed E-state index contributed by atoms with van der Waals surface area (Å²) in [5, 5.41) is 7.40. The Balaban J connectivity index is 1.79. The van der Waals surface area contributed by atoms with Crippen LogP contribution in [-0.2, 0) is 11.8 Å². The molecule has 0 saturated heterocycles. The lowest BCUT2D eigenvalue weighted by atomic mass is 9.85. The van der Waals surface area contributed by atoms with E-state index in [0.29, 0.717) is 0 Å². The van der Waals surface area contributed by atoms with Crippen molar-refractivity contribution in [2.75, 3.05) is 5.32 Å². The third-order valence-corrected chi connectivity index (χ3v) is 3.68. The molecule has 0 unspecified atom stereocenters. The number of anilines is 1. The number of carbonyl (C=O) groups excluding carboxylic acids is 1. The summed E-state index contributed by atoms with van der Waals surface area (Å²) in [6.45, 7) is 0. The molecule has 1 heterocycles. The van der Waals surface area contributed by atoms with Gasteiger partial charge in [0.15, 0.2) is 0 Å². The first-order valence-corrected chi connectivity index (χ1v) is 6.64. The van der Waals surface area contributed by atoms with E-state index in [9.17, 15) is 4.79 Å². The van der Waals surface area contributed by atoms with Gasteiger partial charge >= 0.3 is 0 Å². The van der Waals surface area contributed by atoms with E-state index in [1.807, 2.05) is 43.4 Å². The number of nitrogens with zero attached hydrogens (tertiary/aromatic N) is 2. The maximum absolute atomic E-state index is 11.9. The molecule has 0 aliphatic heterocycles. The molecule has 1 amide bonds. The Bertz CT molecular complexity index is 585. The molecule has 4 heteroatoms. The molecule has 1 N–H and O–H groups in total. The highest BCUT2D eigenvalue weighted by Gasteiger charge is 2.25. The molecular formula is C15H17N3O. The van der Waals surface area contributed by atoms with Gasteiger partial charge in [0.25, 0.3) is 0 Å². The van der Waals surface area contributed by atoms with Crippen LogP contribution in [0.1, 0.15) is 19.3 Å². The van der Waals surface area contributed by atoms with Crippen molar-refractivity contribution in [1.82, 2.24) is 9.78 Å². The molecule has 1 saturated carbocycles. The number of aryl methyl sites for hydroxylation is 1. The molecule has 0 atom stereocenters. The Morgan fingerprint density at radius 1 is 1.32 bits per heavy atom. The maximum Gasteiger partial charge on any atom is 0.228 e. The second-order valence-corrected chi connectivity index (χ2v) is 5.02. The molecule has 1 aromatic carbocycles. The van der Waals surface area contributed by atoms with Gasteiger partial charge in [-0.25, -0.2) is 0 Å². The van der Waals surface area contributed by atoms with Gasteiger partial charge in [0, 0.05) is 24.6 Å². The SMILES string of the molecule is Cn1nc(-c2ccccc2)cc1NC(=O)C1CCC1. The van der Waals surface area contributed by atoms with Gasteiger partial charge in [-0.1, -0.05) is 36.8 Å². The number of hydrogen-bond donors (Lipinski definition) is 1. The van der Waals surface area contributed by atoms with Gasteiger partial charge < -0.3 is 5.32 Å². The van der Waals surface area contributed by atoms with Crippen LogP contribution in [0.2, 0.25) is 0 Å². The van der Waals surface area contributed by atoms with Gasteiger partial charge in [-0.2, -0.15) is 5.10 Å². The summed E-state index contributed by atoms with van der Waals surface area (Å²) in [5.41, 5.74) is 1.94.